The molecule has 1 N–H and O–H groups in total. The molecule has 0 bridgehead atoms. The first-order chi connectivity index (χ1) is 10.6. The molecule has 1 amide bonds. The van der Waals surface area contributed by atoms with Crippen molar-refractivity contribution in [1.29, 1.82) is 0 Å². The Morgan fingerprint density at radius 1 is 1.13 bits per heavy atom. The molecule has 0 atom stereocenters. The highest BCUT2D eigenvalue weighted by atomic mass is 32.2. The Balaban J connectivity index is 0. The molecule has 0 saturated carbocycles. The highest BCUT2D eigenvalue weighted by molar-refractivity contribution is 7.89. The average Bonchev–Trinajstić information content (AvgIpc) is 2.47. The van der Waals surface area contributed by atoms with Gasteiger partial charge in [0.15, 0.2) is 0 Å². The number of hydrogen-bond donors (Lipinski definition) is 1. The topological polar surface area (TPSA) is 63.2 Å². The van der Waals surface area contributed by atoms with Crippen LogP contribution in [-0.2, 0) is 20.7 Å². The first kappa shape index (κ1) is 23.5. The number of sulfonamides is 1. The summed E-state index contributed by atoms with van der Waals surface area (Å²) < 4.78 is 49.9. The number of alkyl halides is 2. The van der Waals surface area contributed by atoms with Gasteiger partial charge in [0, 0.05) is 18.6 Å². The lowest BCUT2D eigenvalue weighted by atomic mass is 10.0. The van der Waals surface area contributed by atoms with Crippen molar-refractivity contribution in [3.63, 3.8) is 0 Å². The Hall–Kier alpha value is -1.76. The molecule has 1 aromatic rings. The molecule has 7 heteroatoms. The second-order valence-corrected chi connectivity index (χ2v) is 5.80. The molecule has 0 radical (unpaired) electrons. The lowest BCUT2D eigenvalue weighted by Gasteiger charge is -2.13. The normalized spacial score (nSPS) is 11.0. The van der Waals surface area contributed by atoms with Crippen molar-refractivity contribution in [2.75, 3.05) is 6.26 Å². The van der Waals surface area contributed by atoms with Gasteiger partial charge in [0.1, 0.15) is 0 Å². The molecule has 0 spiro atoms. The highest BCUT2D eigenvalue weighted by Gasteiger charge is 2.26. The minimum absolute atomic E-state index is 0.152. The van der Waals surface area contributed by atoms with Crippen LogP contribution in [0.4, 0.5) is 8.78 Å². The quantitative estimate of drug-likeness (QED) is 0.838. The van der Waals surface area contributed by atoms with Crippen LogP contribution < -0.4 is 4.72 Å². The molecule has 132 valence electrons. The maximum Gasteiger partial charge on any atom is 0.271 e. The van der Waals surface area contributed by atoms with Gasteiger partial charge in [0.25, 0.3) is 11.8 Å². The molecule has 1 aromatic carbocycles. The smallest absolute Gasteiger partial charge is 0.269 e. The summed E-state index contributed by atoms with van der Waals surface area (Å²) in [6.45, 7) is 8.75. The van der Waals surface area contributed by atoms with Crippen LogP contribution in [0.2, 0.25) is 0 Å². The SMILES string of the molecule is CC.CC.CC(F)(F)c1ccccc1/C=C/C(=O)NS(C)(=O)=O. The third-order valence-electron chi connectivity index (χ3n) is 2.13. The number of amides is 1. The minimum Gasteiger partial charge on any atom is -0.269 e. The molecular weight excluding hydrogens is 324 g/mol. The van der Waals surface area contributed by atoms with E-state index in [1.165, 1.54) is 18.2 Å². The largest absolute Gasteiger partial charge is 0.271 e. The second kappa shape index (κ2) is 10.9. The first-order valence-electron chi connectivity index (χ1n) is 7.27. The van der Waals surface area contributed by atoms with E-state index in [2.05, 4.69) is 0 Å². The summed E-state index contributed by atoms with van der Waals surface area (Å²) in [6.07, 6.45) is 2.87. The molecule has 0 aliphatic heterocycles. The van der Waals surface area contributed by atoms with Crippen LogP contribution in [0.25, 0.3) is 6.08 Å². The Morgan fingerprint density at radius 3 is 2.04 bits per heavy atom. The van der Waals surface area contributed by atoms with E-state index in [0.29, 0.717) is 0 Å². The molecule has 23 heavy (non-hydrogen) atoms. The van der Waals surface area contributed by atoms with Crippen LogP contribution in [0.15, 0.2) is 30.3 Å². The maximum atomic E-state index is 13.3. The van der Waals surface area contributed by atoms with E-state index in [9.17, 15) is 22.0 Å². The molecule has 1 rings (SSSR count). The molecule has 0 fully saturated rings. The van der Waals surface area contributed by atoms with E-state index in [0.717, 1.165) is 25.3 Å². The van der Waals surface area contributed by atoms with Gasteiger partial charge in [0.05, 0.1) is 6.26 Å². The van der Waals surface area contributed by atoms with Crippen LogP contribution in [-0.4, -0.2) is 20.6 Å². The van der Waals surface area contributed by atoms with Crippen molar-refractivity contribution >= 4 is 22.0 Å². The van der Waals surface area contributed by atoms with E-state index >= 15 is 0 Å². The molecule has 0 heterocycles. The van der Waals surface area contributed by atoms with Gasteiger partial charge in [-0.05, 0) is 11.6 Å². The van der Waals surface area contributed by atoms with Crippen LogP contribution in [0.1, 0.15) is 45.7 Å². The van der Waals surface area contributed by atoms with Crippen molar-refractivity contribution in [2.45, 2.75) is 40.5 Å². The summed E-state index contributed by atoms with van der Waals surface area (Å²) in [5, 5.41) is 0. The van der Waals surface area contributed by atoms with Crippen molar-refractivity contribution in [3.05, 3.63) is 41.5 Å². The van der Waals surface area contributed by atoms with E-state index in [4.69, 9.17) is 0 Å². The summed E-state index contributed by atoms with van der Waals surface area (Å²) in [6, 6.07) is 5.66. The summed E-state index contributed by atoms with van der Waals surface area (Å²) in [7, 11) is -3.67. The number of benzene rings is 1. The Morgan fingerprint density at radius 2 is 1.61 bits per heavy atom. The molecule has 0 aliphatic carbocycles. The summed E-state index contributed by atoms with van der Waals surface area (Å²) >= 11 is 0. The Kier molecular flexibility index (Phi) is 11.1. The number of carbonyl (C=O) groups excluding carboxylic acids is 1. The van der Waals surface area contributed by atoms with Gasteiger partial charge in [-0.1, -0.05) is 52.0 Å². The van der Waals surface area contributed by atoms with E-state index < -0.39 is 21.9 Å². The van der Waals surface area contributed by atoms with Crippen molar-refractivity contribution < 1.29 is 22.0 Å². The lowest BCUT2D eigenvalue weighted by molar-refractivity contribution is -0.114. The van der Waals surface area contributed by atoms with E-state index in [-0.39, 0.29) is 11.1 Å². The number of hydrogen-bond acceptors (Lipinski definition) is 3. The molecule has 0 saturated heterocycles. The number of halogens is 2. The van der Waals surface area contributed by atoms with Crippen LogP contribution in [0.3, 0.4) is 0 Å². The molecule has 0 aromatic heterocycles. The van der Waals surface area contributed by atoms with Crippen molar-refractivity contribution in [1.82, 2.24) is 4.72 Å². The molecule has 0 unspecified atom stereocenters. The zero-order valence-electron chi connectivity index (χ0n) is 14.4. The molecule has 4 nitrogen and oxygen atoms in total. The number of carbonyl (C=O) groups is 1. The molecular formula is C16H25F2NO3S. The predicted molar refractivity (Wildman–Crippen MR) is 90.7 cm³/mol. The van der Waals surface area contributed by atoms with Crippen LogP contribution in [0, 0.1) is 0 Å². The number of rotatable bonds is 4. The van der Waals surface area contributed by atoms with Crippen molar-refractivity contribution in [2.24, 2.45) is 0 Å². The minimum atomic E-state index is -3.67. The summed E-state index contributed by atoms with van der Waals surface area (Å²) in [5.74, 6) is -3.94. The monoisotopic (exact) mass is 349 g/mol. The summed E-state index contributed by atoms with van der Waals surface area (Å²) in [4.78, 5) is 11.2. The van der Waals surface area contributed by atoms with Gasteiger partial charge in [-0.2, -0.15) is 0 Å². The number of nitrogens with one attached hydrogen (secondary N) is 1. The Labute approximate surface area is 137 Å². The third kappa shape index (κ3) is 10.6. The predicted octanol–water partition coefficient (Wildman–Crippen LogP) is 3.94. The van der Waals surface area contributed by atoms with Gasteiger partial charge in [-0.3, -0.25) is 4.79 Å². The second-order valence-electron chi connectivity index (χ2n) is 4.05. The summed E-state index contributed by atoms with van der Waals surface area (Å²) in [5.41, 5.74) is -0.0861. The average molecular weight is 349 g/mol. The van der Waals surface area contributed by atoms with Crippen LogP contribution in [0.5, 0.6) is 0 Å². The fraction of sp³-hybridized carbons (Fsp3) is 0.438. The van der Waals surface area contributed by atoms with Crippen molar-refractivity contribution in [3.8, 4) is 0 Å². The zero-order valence-corrected chi connectivity index (χ0v) is 15.2. The van der Waals surface area contributed by atoms with Gasteiger partial charge < -0.3 is 0 Å². The zero-order chi connectivity index (χ0) is 18.7. The standard InChI is InChI=1S/C12H13F2NO3S.2C2H6/c1-12(13,14)10-6-4-3-5-9(10)7-8-11(16)15-19(2,17)18;2*1-2/h3-8H,1-2H3,(H,15,16);2*1-2H3/b8-7+;;. The van der Waals surface area contributed by atoms with Gasteiger partial charge in [-0.25, -0.2) is 21.9 Å². The third-order valence-corrected chi connectivity index (χ3v) is 2.71. The Bertz CT molecular complexity index is 606. The lowest BCUT2D eigenvalue weighted by Crippen LogP contribution is -2.27. The van der Waals surface area contributed by atoms with Gasteiger partial charge in [0.2, 0.25) is 10.0 Å². The van der Waals surface area contributed by atoms with E-state index in [1.807, 2.05) is 27.7 Å². The van der Waals surface area contributed by atoms with Gasteiger partial charge in [-0.15, -0.1) is 0 Å². The van der Waals surface area contributed by atoms with Crippen LogP contribution >= 0.6 is 0 Å². The van der Waals surface area contributed by atoms with E-state index in [1.54, 1.807) is 10.8 Å². The first-order valence-corrected chi connectivity index (χ1v) is 9.16. The highest BCUT2D eigenvalue weighted by Crippen LogP contribution is 2.30. The fourth-order valence-electron chi connectivity index (χ4n) is 1.42. The van der Waals surface area contributed by atoms with Gasteiger partial charge >= 0.3 is 0 Å². The maximum absolute atomic E-state index is 13.3. The molecule has 0 aliphatic rings. The fourth-order valence-corrected chi connectivity index (χ4v) is 1.86.